The predicted molar refractivity (Wildman–Crippen MR) is 81.7 cm³/mol. The highest BCUT2D eigenvalue weighted by atomic mass is 32.2. The molecule has 0 fully saturated rings. The number of hydrogen-bond donors (Lipinski definition) is 2. The molecule has 0 spiro atoms. The first kappa shape index (κ1) is 18.8. The second-order valence-electron chi connectivity index (χ2n) is 5.42. The SMILES string of the molecule is CCN(CC)C(C)(C)C(CCCS(=O)(=O)CC)NN. The average molecular weight is 293 g/mol. The van der Waals surface area contributed by atoms with Gasteiger partial charge in [-0.1, -0.05) is 20.8 Å². The molecule has 1 unspecified atom stereocenters. The molecular formula is C13H31N3O2S. The lowest BCUT2D eigenvalue weighted by molar-refractivity contribution is 0.0873. The van der Waals surface area contributed by atoms with Gasteiger partial charge in [-0.25, -0.2) is 8.42 Å². The van der Waals surface area contributed by atoms with Crippen molar-refractivity contribution >= 4 is 9.84 Å². The van der Waals surface area contributed by atoms with E-state index in [2.05, 4.69) is 38.0 Å². The van der Waals surface area contributed by atoms with Gasteiger partial charge in [0.2, 0.25) is 0 Å². The van der Waals surface area contributed by atoms with E-state index in [1.807, 2.05) is 0 Å². The Morgan fingerprint density at radius 3 is 2.11 bits per heavy atom. The van der Waals surface area contributed by atoms with Crippen molar-refractivity contribution in [1.82, 2.24) is 10.3 Å². The molecule has 6 heteroatoms. The van der Waals surface area contributed by atoms with Gasteiger partial charge in [0.1, 0.15) is 9.84 Å². The number of hydrogen-bond acceptors (Lipinski definition) is 5. The third-order valence-electron chi connectivity index (χ3n) is 4.02. The predicted octanol–water partition coefficient (Wildman–Crippen LogP) is 1.15. The van der Waals surface area contributed by atoms with Gasteiger partial charge in [0, 0.05) is 17.3 Å². The molecule has 0 aromatic rings. The fraction of sp³-hybridized carbons (Fsp3) is 1.00. The molecule has 0 saturated carbocycles. The third kappa shape index (κ3) is 5.77. The van der Waals surface area contributed by atoms with Crippen LogP contribution in [0.2, 0.25) is 0 Å². The summed E-state index contributed by atoms with van der Waals surface area (Å²) in [6.07, 6.45) is 1.41. The van der Waals surface area contributed by atoms with Crippen molar-refractivity contribution in [1.29, 1.82) is 0 Å². The van der Waals surface area contributed by atoms with Crippen molar-refractivity contribution in [2.24, 2.45) is 5.84 Å². The summed E-state index contributed by atoms with van der Waals surface area (Å²) in [4.78, 5) is 2.34. The van der Waals surface area contributed by atoms with Crippen molar-refractivity contribution in [3.63, 3.8) is 0 Å². The summed E-state index contributed by atoms with van der Waals surface area (Å²) in [5.74, 6) is 6.12. The minimum absolute atomic E-state index is 0.0828. The number of hydrazine groups is 1. The normalized spacial score (nSPS) is 14.9. The Kier molecular flexibility index (Phi) is 8.12. The fourth-order valence-electron chi connectivity index (χ4n) is 2.55. The van der Waals surface area contributed by atoms with Crippen molar-refractivity contribution in [3.05, 3.63) is 0 Å². The van der Waals surface area contributed by atoms with Crippen LogP contribution in [0.5, 0.6) is 0 Å². The Morgan fingerprint density at radius 1 is 1.21 bits per heavy atom. The van der Waals surface area contributed by atoms with Gasteiger partial charge in [-0.3, -0.25) is 16.2 Å². The Hall–Kier alpha value is -0.170. The van der Waals surface area contributed by atoms with Crippen LogP contribution in [0.4, 0.5) is 0 Å². The highest BCUT2D eigenvalue weighted by Gasteiger charge is 2.33. The van der Waals surface area contributed by atoms with Crippen LogP contribution in [0, 0.1) is 0 Å². The molecule has 0 saturated heterocycles. The van der Waals surface area contributed by atoms with Gasteiger partial charge in [-0.15, -0.1) is 0 Å². The van der Waals surface area contributed by atoms with Gasteiger partial charge >= 0.3 is 0 Å². The Morgan fingerprint density at radius 2 is 1.74 bits per heavy atom. The molecule has 1 atom stereocenters. The summed E-state index contributed by atoms with van der Waals surface area (Å²) >= 11 is 0. The average Bonchev–Trinajstić information content (AvgIpc) is 2.35. The molecule has 0 aliphatic carbocycles. The van der Waals surface area contributed by atoms with E-state index in [1.54, 1.807) is 6.92 Å². The van der Waals surface area contributed by atoms with E-state index in [1.165, 1.54) is 0 Å². The first-order valence-corrected chi connectivity index (χ1v) is 8.98. The van der Waals surface area contributed by atoms with Crippen molar-refractivity contribution in [2.45, 2.75) is 59.0 Å². The van der Waals surface area contributed by atoms with E-state index in [9.17, 15) is 8.42 Å². The Balaban J connectivity index is 4.57. The lowest BCUT2D eigenvalue weighted by Crippen LogP contribution is -2.59. The molecule has 0 aliphatic heterocycles. The minimum atomic E-state index is -2.88. The number of nitrogens with zero attached hydrogens (tertiary/aromatic N) is 1. The first-order chi connectivity index (χ1) is 8.75. The maximum Gasteiger partial charge on any atom is 0.150 e. The largest absolute Gasteiger partial charge is 0.297 e. The number of sulfone groups is 1. The summed E-state index contributed by atoms with van der Waals surface area (Å²) in [5.41, 5.74) is 2.77. The fourth-order valence-corrected chi connectivity index (χ4v) is 3.45. The molecule has 116 valence electrons. The monoisotopic (exact) mass is 293 g/mol. The zero-order valence-corrected chi connectivity index (χ0v) is 13.9. The molecule has 5 nitrogen and oxygen atoms in total. The van der Waals surface area contributed by atoms with Crippen LogP contribution in [0.15, 0.2) is 0 Å². The zero-order chi connectivity index (χ0) is 15.1. The standard InChI is InChI=1S/C13H31N3O2S/c1-6-16(7-2)13(4,5)12(15-14)10-9-11-19(17,18)8-3/h12,15H,6-11,14H2,1-5H3. The molecule has 3 N–H and O–H groups in total. The molecule has 0 aromatic heterocycles. The molecule has 0 heterocycles. The molecule has 0 rings (SSSR count). The molecule has 0 bridgehead atoms. The van der Waals surface area contributed by atoms with Gasteiger partial charge in [-0.2, -0.15) is 0 Å². The van der Waals surface area contributed by atoms with Crippen molar-refractivity contribution in [3.8, 4) is 0 Å². The van der Waals surface area contributed by atoms with Crippen LogP contribution in [0.3, 0.4) is 0 Å². The Bertz CT molecular complexity index is 338. The van der Waals surface area contributed by atoms with E-state index < -0.39 is 9.84 Å². The smallest absolute Gasteiger partial charge is 0.150 e. The van der Waals surface area contributed by atoms with Crippen LogP contribution in [0.25, 0.3) is 0 Å². The van der Waals surface area contributed by atoms with E-state index in [4.69, 9.17) is 5.84 Å². The van der Waals surface area contributed by atoms with E-state index in [0.29, 0.717) is 6.42 Å². The van der Waals surface area contributed by atoms with Crippen LogP contribution in [-0.4, -0.2) is 49.5 Å². The van der Waals surface area contributed by atoms with Crippen LogP contribution in [-0.2, 0) is 9.84 Å². The number of nitrogens with two attached hydrogens (primary N) is 1. The van der Waals surface area contributed by atoms with Crippen molar-refractivity contribution in [2.75, 3.05) is 24.6 Å². The van der Waals surface area contributed by atoms with E-state index in [-0.39, 0.29) is 23.1 Å². The van der Waals surface area contributed by atoms with Gasteiger partial charge in [-0.05, 0) is 39.8 Å². The summed E-state index contributed by atoms with van der Waals surface area (Å²) < 4.78 is 23.0. The summed E-state index contributed by atoms with van der Waals surface area (Å²) in [5, 5.41) is 0. The third-order valence-corrected chi connectivity index (χ3v) is 5.81. The molecular weight excluding hydrogens is 262 g/mol. The summed E-state index contributed by atoms with van der Waals surface area (Å²) in [6.45, 7) is 12.1. The second-order valence-corrected chi connectivity index (χ2v) is 7.90. The van der Waals surface area contributed by atoms with Gasteiger partial charge in [0.05, 0.1) is 5.75 Å². The van der Waals surface area contributed by atoms with Crippen molar-refractivity contribution < 1.29 is 8.42 Å². The maximum absolute atomic E-state index is 11.5. The molecule has 0 amide bonds. The highest BCUT2D eigenvalue weighted by molar-refractivity contribution is 7.91. The Labute approximate surface area is 118 Å². The molecule has 0 radical (unpaired) electrons. The van der Waals surface area contributed by atoms with Gasteiger partial charge in [0.15, 0.2) is 0 Å². The lowest BCUT2D eigenvalue weighted by Gasteiger charge is -2.43. The van der Waals surface area contributed by atoms with E-state index >= 15 is 0 Å². The number of nitrogens with one attached hydrogen (secondary N) is 1. The minimum Gasteiger partial charge on any atom is -0.297 e. The zero-order valence-electron chi connectivity index (χ0n) is 13.1. The van der Waals surface area contributed by atoms with Crippen LogP contribution in [0.1, 0.15) is 47.5 Å². The topological polar surface area (TPSA) is 75.4 Å². The highest BCUT2D eigenvalue weighted by Crippen LogP contribution is 2.22. The molecule has 0 aliphatic rings. The molecule has 19 heavy (non-hydrogen) atoms. The first-order valence-electron chi connectivity index (χ1n) is 7.16. The number of likely N-dealkylation sites (N-methyl/N-ethyl adjacent to an activating group) is 1. The summed E-state index contributed by atoms with van der Waals surface area (Å²) in [7, 11) is -2.88. The molecule has 0 aromatic carbocycles. The van der Waals surface area contributed by atoms with Crippen LogP contribution < -0.4 is 11.3 Å². The number of rotatable bonds is 10. The quantitative estimate of drug-likeness (QED) is 0.467. The lowest BCUT2D eigenvalue weighted by atomic mass is 9.89. The van der Waals surface area contributed by atoms with E-state index in [0.717, 1.165) is 19.5 Å². The second kappa shape index (κ2) is 8.19. The van der Waals surface area contributed by atoms with Crippen LogP contribution >= 0.6 is 0 Å². The summed E-state index contributed by atoms with van der Waals surface area (Å²) in [6, 6.07) is 0.0828. The van der Waals surface area contributed by atoms with Gasteiger partial charge in [0.25, 0.3) is 0 Å². The van der Waals surface area contributed by atoms with Gasteiger partial charge < -0.3 is 0 Å². The maximum atomic E-state index is 11.5.